The number of anilines is 1. The van der Waals surface area contributed by atoms with E-state index >= 15 is 0 Å². The quantitative estimate of drug-likeness (QED) is 0.722. The van der Waals surface area contributed by atoms with E-state index in [0.29, 0.717) is 11.4 Å². The van der Waals surface area contributed by atoms with Gasteiger partial charge in [-0.3, -0.25) is 0 Å². The van der Waals surface area contributed by atoms with Gasteiger partial charge in [0.2, 0.25) is 10.0 Å². The lowest BCUT2D eigenvalue weighted by Gasteiger charge is -2.28. The predicted octanol–water partition coefficient (Wildman–Crippen LogP) is 3.36. The van der Waals surface area contributed by atoms with Crippen molar-refractivity contribution in [3.8, 4) is 0 Å². The molecule has 0 saturated carbocycles. The van der Waals surface area contributed by atoms with Gasteiger partial charge in [-0.25, -0.2) is 13.1 Å². The first kappa shape index (κ1) is 20.8. The summed E-state index contributed by atoms with van der Waals surface area (Å²) in [6.07, 6.45) is 1.61. The molecule has 0 aliphatic carbocycles. The van der Waals surface area contributed by atoms with Crippen molar-refractivity contribution in [1.82, 2.24) is 4.72 Å². The van der Waals surface area contributed by atoms with Crippen molar-refractivity contribution < 1.29 is 13.2 Å². The highest BCUT2D eigenvalue weighted by Crippen LogP contribution is 2.22. The molecule has 0 spiro atoms. The number of ether oxygens (including phenoxy) is 1. The summed E-state index contributed by atoms with van der Waals surface area (Å²) in [5.74, 6) is 0. The molecule has 1 saturated heterocycles. The number of rotatable bonds is 7. The monoisotopic (exact) mass is 402 g/mol. The Morgan fingerprint density at radius 3 is 2.21 bits per heavy atom. The molecular weight excluding hydrogens is 372 g/mol. The lowest BCUT2D eigenvalue weighted by atomic mass is 10.1. The highest BCUT2D eigenvalue weighted by atomic mass is 32.2. The van der Waals surface area contributed by atoms with Gasteiger partial charge >= 0.3 is 0 Å². The molecule has 3 rings (SSSR count). The molecule has 0 bridgehead atoms. The molecule has 28 heavy (non-hydrogen) atoms. The van der Waals surface area contributed by atoms with Crippen molar-refractivity contribution in [3.05, 3.63) is 58.7 Å². The summed E-state index contributed by atoms with van der Waals surface area (Å²) in [6.45, 7) is 9.53. The van der Waals surface area contributed by atoms with Gasteiger partial charge in [0.05, 0.1) is 18.1 Å². The highest BCUT2D eigenvalue weighted by Gasteiger charge is 2.19. The molecule has 0 atom stereocenters. The topological polar surface area (TPSA) is 58.6 Å². The van der Waals surface area contributed by atoms with E-state index in [-0.39, 0.29) is 0 Å². The predicted molar refractivity (Wildman–Crippen MR) is 114 cm³/mol. The standard InChI is InChI=1S/C22H30N2O3S/c1-17-15-18(2)22(19(3)16-17)28(25,26)23-10-4-5-20-6-8-21(9-7-20)24-11-13-27-14-12-24/h6-9,15-16,23H,4-5,10-14H2,1-3H3. The zero-order valence-electron chi connectivity index (χ0n) is 17.0. The van der Waals surface area contributed by atoms with Crippen molar-refractivity contribution in [3.63, 3.8) is 0 Å². The number of hydrogen-bond acceptors (Lipinski definition) is 4. The molecule has 0 unspecified atom stereocenters. The Kier molecular flexibility index (Phi) is 6.75. The summed E-state index contributed by atoms with van der Waals surface area (Å²) in [5, 5.41) is 0. The van der Waals surface area contributed by atoms with Gasteiger partial charge in [0.15, 0.2) is 0 Å². The van der Waals surface area contributed by atoms with E-state index in [4.69, 9.17) is 4.74 Å². The summed E-state index contributed by atoms with van der Waals surface area (Å²) in [5.41, 5.74) is 5.11. The summed E-state index contributed by atoms with van der Waals surface area (Å²) >= 11 is 0. The highest BCUT2D eigenvalue weighted by molar-refractivity contribution is 7.89. The van der Waals surface area contributed by atoms with Gasteiger partial charge in [0, 0.05) is 25.3 Å². The Morgan fingerprint density at radius 1 is 1.00 bits per heavy atom. The number of hydrogen-bond donors (Lipinski definition) is 1. The molecule has 2 aromatic carbocycles. The van der Waals surface area contributed by atoms with Gasteiger partial charge in [-0.05, 0) is 62.4 Å². The largest absolute Gasteiger partial charge is 0.378 e. The number of nitrogens with one attached hydrogen (secondary N) is 1. The fourth-order valence-corrected chi connectivity index (χ4v) is 5.38. The average Bonchev–Trinajstić information content (AvgIpc) is 2.65. The van der Waals surface area contributed by atoms with Gasteiger partial charge in [0.1, 0.15) is 0 Å². The smallest absolute Gasteiger partial charge is 0.241 e. The third-order valence-corrected chi connectivity index (χ3v) is 6.89. The van der Waals surface area contributed by atoms with E-state index < -0.39 is 10.0 Å². The molecule has 1 aliphatic heterocycles. The molecule has 6 heteroatoms. The number of aryl methyl sites for hydroxylation is 4. The third kappa shape index (κ3) is 5.13. The van der Waals surface area contributed by atoms with E-state index in [9.17, 15) is 8.42 Å². The Bertz CT molecular complexity index is 879. The molecule has 152 valence electrons. The van der Waals surface area contributed by atoms with E-state index in [0.717, 1.165) is 55.8 Å². The van der Waals surface area contributed by atoms with Gasteiger partial charge < -0.3 is 9.64 Å². The maximum atomic E-state index is 12.7. The third-order valence-electron chi connectivity index (χ3n) is 5.12. The number of benzene rings is 2. The fraction of sp³-hybridized carbons (Fsp3) is 0.455. The molecular formula is C22H30N2O3S. The first-order valence-corrected chi connectivity index (χ1v) is 11.3. The molecule has 0 amide bonds. The van der Waals surface area contributed by atoms with Crippen LogP contribution in [0.1, 0.15) is 28.7 Å². The maximum absolute atomic E-state index is 12.7. The Hall–Kier alpha value is -1.89. The molecule has 1 N–H and O–H groups in total. The van der Waals surface area contributed by atoms with Crippen LogP contribution in [0.15, 0.2) is 41.3 Å². The zero-order valence-corrected chi connectivity index (χ0v) is 17.8. The molecule has 0 radical (unpaired) electrons. The van der Waals surface area contributed by atoms with Crippen molar-refractivity contribution in [1.29, 1.82) is 0 Å². The average molecular weight is 403 g/mol. The molecule has 1 aliphatic rings. The second kappa shape index (κ2) is 9.07. The van der Waals surface area contributed by atoms with Gasteiger partial charge in [-0.1, -0.05) is 29.8 Å². The summed E-state index contributed by atoms with van der Waals surface area (Å²) in [7, 11) is -3.48. The minimum absolute atomic E-state index is 0.410. The van der Waals surface area contributed by atoms with E-state index in [1.807, 2.05) is 32.9 Å². The minimum atomic E-state index is -3.48. The van der Waals surface area contributed by atoms with E-state index in [1.54, 1.807) is 0 Å². The van der Waals surface area contributed by atoms with E-state index in [2.05, 4.69) is 33.9 Å². The Morgan fingerprint density at radius 2 is 1.61 bits per heavy atom. The molecule has 1 fully saturated rings. The molecule has 2 aromatic rings. The van der Waals surface area contributed by atoms with Crippen LogP contribution in [0, 0.1) is 20.8 Å². The summed E-state index contributed by atoms with van der Waals surface area (Å²) in [4.78, 5) is 2.74. The van der Waals surface area contributed by atoms with Crippen LogP contribution in [0.25, 0.3) is 0 Å². The first-order valence-electron chi connectivity index (χ1n) is 9.86. The Balaban J connectivity index is 1.52. The van der Waals surface area contributed by atoms with Crippen LogP contribution in [0.4, 0.5) is 5.69 Å². The number of nitrogens with zero attached hydrogens (tertiary/aromatic N) is 1. The van der Waals surface area contributed by atoms with Gasteiger partial charge in [-0.2, -0.15) is 0 Å². The van der Waals surface area contributed by atoms with Crippen LogP contribution >= 0.6 is 0 Å². The first-order chi connectivity index (χ1) is 13.4. The van der Waals surface area contributed by atoms with Crippen LogP contribution in [0.3, 0.4) is 0 Å². The summed E-state index contributed by atoms with van der Waals surface area (Å²) < 4.78 is 33.5. The van der Waals surface area contributed by atoms with Crippen molar-refractivity contribution in [2.45, 2.75) is 38.5 Å². The molecule has 0 aromatic heterocycles. The second-order valence-corrected chi connectivity index (χ2v) is 9.20. The number of morpholine rings is 1. The zero-order chi connectivity index (χ0) is 20.1. The van der Waals surface area contributed by atoms with Crippen LogP contribution in [0.5, 0.6) is 0 Å². The van der Waals surface area contributed by atoms with Crippen molar-refractivity contribution in [2.75, 3.05) is 37.7 Å². The van der Waals surface area contributed by atoms with Crippen LogP contribution in [-0.2, 0) is 21.2 Å². The normalized spacial score (nSPS) is 15.0. The lowest BCUT2D eigenvalue weighted by Crippen LogP contribution is -2.36. The maximum Gasteiger partial charge on any atom is 0.241 e. The SMILES string of the molecule is Cc1cc(C)c(S(=O)(=O)NCCCc2ccc(N3CCOCC3)cc2)c(C)c1. The van der Waals surface area contributed by atoms with Crippen molar-refractivity contribution in [2.24, 2.45) is 0 Å². The van der Waals surface area contributed by atoms with Crippen LogP contribution in [-0.4, -0.2) is 41.3 Å². The van der Waals surface area contributed by atoms with E-state index in [1.165, 1.54) is 11.3 Å². The minimum Gasteiger partial charge on any atom is -0.378 e. The molecule has 5 nitrogen and oxygen atoms in total. The number of sulfonamides is 1. The van der Waals surface area contributed by atoms with Crippen molar-refractivity contribution >= 4 is 15.7 Å². The van der Waals surface area contributed by atoms with Crippen LogP contribution in [0.2, 0.25) is 0 Å². The van der Waals surface area contributed by atoms with Gasteiger partial charge in [0.25, 0.3) is 0 Å². The second-order valence-electron chi connectivity index (χ2n) is 7.50. The lowest BCUT2D eigenvalue weighted by molar-refractivity contribution is 0.122. The van der Waals surface area contributed by atoms with Gasteiger partial charge in [-0.15, -0.1) is 0 Å². The van der Waals surface area contributed by atoms with Crippen LogP contribution < -0.4 is 9.62 Å². The Labute approximate surface area is 168 Å². The summed E-state index contributed by atoms with van der Waals surface area (Å²) in [6, 6.07) is 12.4. The molecule has 1 heterocycles. The fourth-order valence-electron chi connectivity index (χ4n) is 3.86.